The van der Waals surface area contributed by atoms with E-state index >= 15 is 0 Å². The molecular weight excluding hydrogens is 639 g/mol. The molecular formula is C52H41N. The van der Waals surface area contributed by atoms with Crippen LogP contribution in [0.25, 0.3) is 55.3 Å². The van der Waals surface area contributed by atoms with E-state index in [4.69, 9.17) is 0 Å². The molecule has 0 aromatic heterocycles. The minimum Gasteiger partial charge on any atom is -0.310 e. The van der Waals surface area contributed by atoms with Crippen molar-refractivity contribution in [3.8, 4) is 44.5 Å². The Morgan fingerprint density at radius 3 is 1.70 bits per heavy atom. The smallest absolute Gasteiger partial charge is 0.0543 e. The summed E-state index contributed by atoms with van der Waals surface area (Å²) in [6.07, 6.45) is 0. The largest absolute Gasteiger partial charge is 0.310 e. The lowest BCUT2D eigenvalue weighted by molar-refractivity contribution is 0.660. The minimum absolute atomic E-state index is 0.110. The molecule has 254 valence electrons. The SMILES string of the molecule is CC1(C)c2ccccc2-c2ccc(N(c3ccc(-c4ccccc4)cc3)c3cccc4c3-c3cc(-c5ccccc5)c5ccccc5c3C4(C)C)cc21. The number of hydrogen-bond donors (Lipinski definition) is 0. The lowest BCUT2D eigenvalue weighted by atomic mass is 9.79. The highest BCUT2D eigenvalue weighted by Gasteiger charge is 2.41. The third kappa shape index (κ3) is 4.70. The van der Waals surface area contributed by atoms with Crippen LogP contribution in [0.2, 0.25) is 0 Å². The summed E-state index contributed by atoms with van der Waals surface area (Å²) in [6, 6.07) is 65.2. The van der Waals surface area contributed by atoms with Gasteiger partial charge in [-0.25, -0.2) is 0 Å². The van der Waals surface area contributed by atoms with Crippen LogP contribution in [0.3, 0.4) is 0 Å². The molecule has 53 heavy (non-hydrogen) atoms. The third-order valence-electron chi connectivity index (χ3n) is 12.0. The molecule has 0 atom stereocenters. The van der Waals surface area contributed by atoms with Gasteiger partial charge in [0.1, 0.15) is 0 Å². The molecule has 0 fully saturated rings. The van der Waals surface area contributed by atoms with Gasteiger partial charge >= 0.3 is 0 Å². The van der Waals surface area contributed by atoms with Crippen LogP contribution in [0.15, 0.2) is 176 Å². The van der Waals surface area contributed by atoms with Gasteiger partial charge in [0.25, 0.3) is 0 Å². The Labute approximate surface area is 312 Å². The van der Waals surface area contributed by atoms with Crippen LogP contribution in [0, 0.1) is 0 Å². The van der Waals surface area contributed by atoms with Gasteiger partial charge in [0.05, 0.1) is 5.69 Å². The molecule has 0 spiro atoms. The van der Waals surface area contributed by atoms with E-state index in [1.807, 2.05) is 0 Å². The Kier molecular flexibility index (Phi) is 6.94. The summed E-state index contributed by atoms with van der Waals surface area (Å²) in [4.78, 5) is 2.51. The zero-order valence-electron chi connectivity index (χ0n) is 30.7. The molecule has 0 saturated heterocycles. The Balaban J connectivity index is 1.24. The summed E-state index contributed by atoms with van der Waals surface area (Å²) in [7, 11) is 0. The van der Waals surface area contributed by atoms with Gasteiger partial charge in [-0.05, 0) is 108 Å². The second-order valence-electron chi connectivity index (χ2n) is 15.7. The summed E-state index contributed by atoms with van der Waals surface area (Å²) in [5.41, 5.74) is 19.0. The van der Waals surface area contributed by atoms with Gasteiger partial charge in [0.2, 0.25) is 0 Å². The lowest BCUT2D eigenvalue weighted by Crippen LogP contribution is -2.17. The summed E-state index contributed by atoms with van der Waals surface area (Å²) >= 11 is 0. The fraction of sp³-hybridized carbons (Fsp3) is 0.115. The molecule has 8 aromatic carbocycles. The van der Waals surface area contributed by atoms with E-state index in [0.29, 0.717) is 0 Å². The first-order valence-corrected chi connectivity index (χ1v) is 18.8. The molecule has 0 heterocycles. The monoisotopic (exact) mass is 679 g/mol. The van der Waals surface area contributed by atoms with Crippen molar-refractivity contribution in [1.29, 1.82) is 0 Å². The van der Waals surface area contributed by atoms with Crippen molar-refractivity contribution in [3.63, 3.8) is 0 Å². The number of hydrogen-bond acceptors (Lipinski definition) is 1. The first kappa shape index (κ1) is 31.5. The Morgan fingerprint density at radius 1 is 0.358 bits per heavy atom. The van der Waals surface area contributed by atoms with Gasteiger partial charge in [-0.15, -0.1) is 0 Å². The Morgan fingerprint density at radius 2 is 0.943 bits per heavy atom. The van der Waals surface area contributed by atoms with E-state index < -0.39 is 0 Å². The second kappa shape index (κ2) is 11.7. The normalized spacial score (nSPS) is 14.3. The van der Waals surface area contributed by atoms with E-state index in [-0.39, 0.29) is 10.8 Å². The molecule has 0 N–H and O–H groups in total. The topological polar surface area (TPSA) is 3.24 Å². The van der Waals surface area contributed by atoms with E-state index in [1.165, 1.54) is 88.9 Å². The maximum atomic E-state index is 2.51. The van der Waals surface area contributed by atoms with Gasteiger partial charge in [0.15, 0.2) is 0 Å². The molecule has 1 nitrogen and oxygen atoms in total. The highest BCUT2D eigenvalue weighted by molar-refractivity contribution is 6.08. The van der Waals surface area contributed by atoms with E-state index in [0.717, 1.165) is 5.69 Å². The van der Waals surface area contributed by atoms with Gasteiger partial charge < -0.3 is 4.90 Å². The molecule has 2 aliphatic rings. The zero-order chi connectivity index (χ0) is 35.9. The van der Waals surface area contributed by atoms with Crippen molar-refractivity contribution < 1.29 is 0 Å². The average Bonchev–Trinajstić information content (AvgIpc) is 3.58. The first-order chi connectivity index (χ1) is 25.8. The number of fused-ring (bicyclic) bond motifs is 8. The summed E-state index contributed by atoms with van der Waals surface area (Å²) < 4.78 is 0. The molecule has 0 unspecified atom stereocenters. The number of nitrogens with zero attached hydrogens (tertiary/aromatic N) is 1. The highest BCUT2D eigenvalue weighted by atomic mass is 15.1. The van der Waals surface area contributed by atoms with Crippen LogP contribution < -0.4 is 4.90 Å². The van der Waals surface area contributed by atoms with E-state index in [2.05, 4.69) is 209 Å². The fourth-order valence-electron chi connectivity index (χ4n) is 9.46. The van der Waals surface area contributed by atoms with Crippen LogP contribution in [0.5, 0.6) is 0 Å². The molecule has 2 aliphatic carbocycles. The standard InChI is InChI=1S/C52H41N/c1-51(2)45-23-14-13-21-40(45)41-31-30-38(32-47(41)51)53(37-28-26-35(27-29-37)34-16-7-5-8-17-34)48-25-15-24-46-49(48)44-33-43(36-18-9-6-10-19-36)39-20-11-12-22-42(39)50(44)52(46,3)4/h5-33H,1-4H3. The van der Waals surface area contributed by atoms with Crippen LogP contribution >= 0.6 is 0 Å². The molecule has 0 radical (unpaired) electrons. The van der Waals surface area contributed by atoms with Crippen molar-refractivity contribution in [3.05, 3.63) is 198 Å². The van der Waals surface area contributed by atoms with Gasteiger partial charge in [0, 0.05) is 27.8 Å². The van der Waals surface area contributed by atoms with Gasteiger partial charge in [-0.2, -0.15) is 0 Å². The quantitative estimate of drug-likeness (QED) is 0.175. The Bertz CT molecular complexity index is 2700. The molecule has 0 amide bonds. The zero-order valence-corrected chi connectivity index (χ0v) is 30.7. The van der Waals surface area contributed by atoms with Crippen LogP contribution in [0.4, 0.5) is 17.1 Å². The van der Waals surface area contributed by atoms with Crippen LogP contribution in [-0.2, 0) is 10.8 Å². The molecule has 10 rings (SSSR count). The second-order valence-corrected chi connectivity index (χ2v) is 15.7. The summed E-state index contributed by atoms with van der Waals surface area (Å²) in [6.45, 7) is 9.56. The predicted octanol–water partition coefficient (Wildman–Crippen LogP) is 14.3. The fourth-order valence-corrected chi connectivity index (χ4v) is 9.46. The van der Waals surface area contributed by atoms with Crippen LogP contribution in [-0.4, -0.2) is 0 Å². The van der Waals surface area contributed by atoms with Crippen LogP contribution in [0.1, 0.15) is 49.9 Å². The van der Waals surface area contributed by atoms with E-state index in [1.54, 1.807) is 0 Å². The number of anilines is 3. The Hall–Kier alpha value is -6.18. The molecule has 0 bridgehead atoms. The maximum absolute atomic E-state index is 2.51. The number of rotatable bonds is 5. The molecule has 8 aromatic rings. The highest BCUT2D eigenvalue weighted by Crippen LogP contribution is 2.58. The third-order valence-corrected chi connectivity index (χ3v) is 12.0. The van der Waals surface area contributed by atoms with Crippen molar-refractivity contribution >= 4 is 27.8 Å². The lowest BCUT2D eigenvalue weighted by Gasteiger charge is -2.30. The molecule has 0 saturated carbocycles. The average molecular weight is 680 g/mol. The molecule has 1 heteroatoms. The van der Waals surface area contributed by atoms with Crippen molar-refractivity contribution in [1.82, 2.24) is 0 Å². The number of benzene rings is 8. The maximum Gasteiger partial charge on any atom is 0.0543 e. The molecule has 0 aliphatic heterocycles. The van der Waals surface area contributed by atoms with Gasteiger partial charge in [-0.3, -0.25) is 0 Å². The van der Waals surface area contributed by atoms with Gasteiger partial charge in [-0.1, -0.05) is 167 Å². The minimum atomic E-state index is -0.195. The van der Waals surface area contributed by atoms with Crippen molar-refractivity contribution in [2.75, 3.05) is 4.90 Å². The van der Waals surface area contributed by atoms with Crippen molar-refractivity contribution in [2.45, 2.75) is 38.5 Å². The van der Waals surface area contributed by atoms with E-state index in [9.17, 15) is 0 Å². The predicted molar refractivity (Wildman–Crippen MR) is 225 cm³/mol. The van der Waals surface area contributed by atoms with Crippen molar-refractivity contribution in [2.24, 2.45) is 0 Å². The summed E-state index contributed by atoms with van der Waals surface area (Å²) in [5, 5.41) is 2.63. The summed E-state index contributed by atoms with van der Waals surface area (Å²) in [5.74, 6) is 0. The first-order valence-electron chi connectivity index (χ1n) is 18.8.